The predicted molar refractivity (Wildman–Crippen MR) is 70.0 cm³/mol. The van der Waals surface area contributed by atoms with Crippen LogP contribution >= 0.6 is 0 Å². The number of hydrogen-bond acceptors (Lipinski definition) is 1. The number of fused-ring (bicyclic) bond motifs is 2. The topological polar surface area (TPSA) is 9.23 Å². The van der Waals surface area contributed by atoms with Crippen LogP contribution in [-0.2, 0) is 11.2 Å². The molecule has 17 heavy (non-hydrogen) atoms. The molecule has 0 amide bonds. The lowest BCUT2D eigenvalue weighted by molar-refractivity contribution is 0.0909. The molecule has 3 rings (SSSR count). The molecule has 3 atom stereocenters. The molecule has 1 aromatic rings. The van der Waals surface area contributed by atoms with Gasteiger partial charge in [-0.15, -0.1) is 0 Å². The number of rotatable bonds is 5. The Labute approximate surface area is 104 Å². The van der Waals surface area contributed by atoms with Gasteiger partial charge in [0.2, 0.25) is 0 Å². The van der Waals surface area contributed by atoms with Gasteiger partial charge in [-0.2, -0.15) is 0 Å². The van der Waals surface area contributed by atoms with Gasteiger partial charge in [0.05, 0.1) is 12.2 Å². The van der Waals surface area contributed by atoms with Crippen LogP contribution in [0.2, 0.25) is 0 Å². The Morgan fingerprint density at radius 2 is 1.94 bits per heavy atom. The van der Waals surface area contributed by atoms with E-state index in [0.717, 1.165) is 5.92 Å². The lowest BCUT2D eigenvalue weighted by Gasteiger charge is -2.18. The summed E-state index contributed by atoms with van der Waals surface area (Å²) in [4.78, 5) is 0. The molecule has 1 nitrogen and oxygen atoms in total. The summed E-state index contributed by atoms with van der Waals surface area (Å²) >= 11 is 0. The Bertz CT molecular complexity index is 346. The zero-order valence-electron chi connectivity index (χ0n) is 10.5. The van der Waals surface area contributed by atoms with Crippen LogP contribution in [0.3, 0.4) is 0 Å². The maximum atomic E-state index is 5.90. The molecule has 2 aliphatic heterocycles. The van der Waals surface area contributed by atoms with E-state index in [9.17, 15) is 0 Å². The van der Waals surface area contributed by atoms with E-state index < -0.39 is 0 Å². The zero-order valence-corrected chi connectivity index (χ0v) is 10.5. The fraction of sp³-hybridized carbons (Fsp3) is 0.625. The summed E-state index contributed by atoms with van der Waals surface area (Å²) in [6.45, 7) is 0. The van der Waals surface area contributed by atoms with Crippen LogP contribution in [0.5, 0.6) is 0 Å². The van der Waals surface area contributed by atoms with Gasteiger partial charge in [0.15, 0.2) is 0 Å². The first kappa shape index (κ1) is 11.3. The molecule has 0 aromatic heterocycles. The number of aryl methyl sites for hydroxylation is 1. The van der Waals surface area contributed by atoms with Crippen LogP contribution in [0.15, 0.2) is 30.3 Å². The molecule has 3 unspecified atom stereocenters. The number of ether oxygens (including phenoxy) is 1. The molecule has 2 bridgehead atoms. The van der Waals surface area contributed by atoms with Gasteiger partial charge < -0.3 is 4.74 Å². The molecule has 92 valence electrons. The maximum Gasteiger partial charge on any atom is 0.0609 e. The van der Waals surface area contributed by atoms with E-state index in [1.807, 2.05) is 0 Å². The van der Waals surface area contributed by atoms with Crippen LogP contribution in [0.1, 0.15) is 44.1 Å². The van der Waals surface area contributed by atoms with Crippen molar-refractivity contribution in [1.29, 1.82) is 0 Å². The van der Waals surface area contributed by atoms with E-state index in [0.29, 0.717) is 12.2 Å². The highest BCUT2D eigenvalue weighted by Crippen LogP contribution is 2.41. The average Bonchev–Trinajstić information content (AvgIpc) is 2.98. The molecule has 1 aromatic carbocycles. The fourth-order valence-electron chi connectivity index (χ4n) is 3.43. The Morgan fingerprint density at radius 3 is 2.65 bits per heavy atom. The normalized spacial score (nSPS) is 30.9. The van der Waals surface area contributed by atoms with Crippen molar-refractivity contribution >= 4 is 0 Å². The van der Waals surface area contributed by atoms with Gasteiger partial charge in [-0.25, -0.2) is 0 Å². The molecule has 0 saturated carbocycles. The maximum absolute atomic E-state index is 5.90. The van der Waals surface area contributed by atoms with E-state index in [1.165, 1.54) is 50.5 Å². The number of benzene rings is 1. The van der Waals surface area contributed by atoms with Crippen molar-refractivity contribution in [1.82, 2.24) is 0 Å². The highest BCUT2D eigenvalue weighted by atomic mass is 16.5. The second kappa shape index (κ2) is 5.22. The van der Waals surface area contributed by atoms with Gasteiger partial charge >= 0.3 is 0 Å². The van der Waals surface area contributed by atoms with Crippen LogP contribution in [-0.4, -0.2) is 12.2 Å². The minimum atomic E-state index is 0.622. The first-order valence-electron chi connectivity index (χ1n) is 7.11. The standard InChI is InChI=1S/C16H22O/c1-2-6-13(7-3-1)8-4-5-9-14-12-15-10-11-16(14)17-15/h1-3,6-7,14-16H,4-5,8-12H2. The molecule has 2 aliphatic rings. The van der Waals surface area contributed by atoms with Gasteiger partial charge in [-0.3, -0.25) is 0 Å². The summed E-state index contributed by atoms with van der Waals surface area (Å²) in [5.41, 5.74) is 1.48. The molecule has 0 N–H and O–H groups in total. The zero-order chi connectivity index (χ0) is 11.5. The van der Waals surface area contributed by atoms with Crippen molar-refractivity contribution < 1.29 is 4.74 Å². The van der Waals surface area contributed by atoms with Gasteiger partial charge in [0, 0.05) is 0 Å². The largest absolute Gasteiger partial charge is 0.375 e. The lowest BCUT2D eigenvalue weighted by Crippen LogP contribution is -2.16. The third-order valence-electron chi connectivity index (χ3n) is 4.37. The Morgan fingerprint density at radius 1 is 1.06 bits per heavy atom. The van der Waals surface area contributed by atoms with Crippen molar-refractivity contribution in [3.8, 4) is 0 Å². The van der Waals surface area contributed by atoms with Crippen molar-refractivity contribution in [2.75, 3.05) is 0 Å². The SMILES string of the molecule is c1ccc(CCCCC2CC3CCC2O3)cc1. The fourth-order valence-corrected chi connectivity index (χ4v) is 3.43. The highest BCUT2D eigenvalue weighted by molar-refractivity contribution is 5.14. The van der Waals surface area contributed by atoms with Crippen molar-refractivity contribution in [2.45, 2.75) is 57.2 Å². The van der Waals surface area contributed by atoms with Crippen LogP contribution in [0.25, 0.3) is 0 Å². The van der Waals surface area contributed by atoms with E-state index in [4.69, 9.17) is 4.74 Å². The highest BCUT2D eigenvalue weighted by Gasteiger charge is 2.39. The Balaban J connectivity index is 1.36. The number of hydrogen-bond donors (Lipinski definition) is 0. The van der Waals surface area contributed by atoms with E-state index >= 15 is 0 Å². The first-order valence-corrected chi connectivity index (χ1v) is 7.11. The van der Waals surface area contributed by atoms with Crippen molar-refractivity contribution in [3.63, 3.8) is 0 Å². The first-order chi connectivity index (χ1) is 8.42. The second-order valence-electron chi connectivity index (χ2n) is 5.60. The molecule has 0 radical (unpaired) electrons. The van der Waals surface area contributed by atoms with Gasteiger partial charge in [0.1, 0.15) is 0 Å². The molecular formula is C16H22O. The quantitative estimate of drug-likeness (QED) is 0.695. The third kappa shape index (κ3) is 2.71. The van der Waals surface area contributed by atoms with Gasteiger partial charge in [-0.1, -0.05) is 36.8 Å². The second-order valence-corrected chi connectivity index (χ2v) is 5.60. The molecular weight excluding hydrogens is 208 g/mol. The smallest absolute Gasteiger partial charge is 0.0609 e. The summed E-state index contributed by atoms with van der Waals surface area (Å²) < 4.78 is 5.90. The van der Waals surface area contributed by atoms with Gasteiger partial charge in [-0.05, 0) is 50.0 Å². The third-order valence-corrected chi connectivity index (χ3v) is 4.37. The monoisotopic (exact) mass is 230 g/mol. The summed E-state index contributed by atoms with van der Waals surface area (Å²) in [6, 6.07) is 10.8. The minimum Gasteiger partial charge on any atom is -0.375 e. The van der Waals surface area contributed by atoms with Crippen LogP contribution in [0.4, 0.5) is 0 Å². The molecule has 0 spiro atoms. The van der Waals surface area contributed by atoms with Crippen molar-refractivity contribution in [3.05, 3.63) is 35.9 Å². The van der Waals surface area contributed by atoms with Crippen LogP contribution in [0, 0.1) is 5.92 Å². The summed E-state index contributed by atoms with van der Waals surface area (Å²) in [5.74, 6) is 0.879. The van der Waals surface area contributed by atoms with Gasteiger partial charge in [0.25, 0.3) is 0 Å². The van der Waals surface area contributed by atoms with Crippen LogP contribution < -0.4 is 0 Å². The Kier molecular flexibility index (Phi) is 3.46. The molecule has 1 heteroatoms. The van der Waals surface area contributed by atoms with E-state index in [-0.39, 0.29) is 0 Å². The number of unbranched alkanes of at least 4 members (excludes halogenated alkanes) is 1. The molecule has 0 aliphatic carbocycles. The molecule has 2 fully saturated rings. The summed E-state index contributed by atoms with van der Waals surface area (Å²) in [7, 11) is 0. The molecule has 2 heterocycles. The average molecular weight is 230 g/mol. The predicted octanol–water partition coefficient (Wildman–Crippen LogP) is 3.97. The van der Waals surface area contributed by atoms with Crippen molar-refractivity contribution in [2.24, 2.45) is 5.92 Å². The summed E-state index contributed by atoms with van der Waals surface area (Å²) in [5, 5.41) is 0. The molecule has 2 saturated heterocycles. The lowest BCUT2D eigenvalue weighted by atomic mass is 9.85. The van der Waals surface area contributed by atoms with E-state index in [2.05, 4.69) is 30.3 Å². The minimum absolute atomic E-state index is 0.622. The van der Waals surface area contributed by atoms with E-state index in [1.54, 1.807) is 0 Å². The Hall–Kier alpha value is -0.820. The summed E-state index contributed by atoms with van der Waals surface area (Å²) in [6.07, 6.45) is 10.6.